The number of nitrogens with one attached hydrogen (secondary N) is 3. The molecule has 3 rings (SSSR count). The first-order chi connectivity index (χ1) is 17.8. The molecule has 2 amide bonds. The van der Waals surface area contributed by atoms with Crippen molar-refractivity contribution in [3.63, 3.8) is 0 Å². The SMILES string of the molecule is CCOC(=O)CCN1CC[C@H](c2ccccc2)C[C@@H]1C(=O)NC(C)C(=O)NCc1ccc(C(=N)N)cc1. The van der Waals surface area contributed by atoms with Gasteiger partial charge < -0.3 is 21.1 Å². The molecule has 0 radical (unpaired) electrons. The molecule has 3 atom stereocenters. The zero-order chi connectivity index (χ0) is 26.8. The first kappa shape index (κ1) is 27.9. The minimum Gasteiger partial charge on any atom is -0.466 e. The molecule has 0 aromatic heterocycles. The minimum atomic E-state index is -0.729. The molecule has 1 aliphatic heterocycles. The fourth-order valence-electron chi connectivity index (χ4n) is 4.57. The zero-order valence-corrected chi connectivity index (χ0v) is 21.5. The van der Waals surface area contributed by atoms with Crippen molar-refractivity contribution in [2.75, 3.05) is 19.7 Å². The Labute approximate surface area is 218 Å². The van der Waals surface area contributed by atoms with E-state index < -0.39 is 12.1 Å². The van der Waals surface area contributed by atoms with Crippen LogP contribution in [-0.2, 0) is 25.7 Å². The summed E-state index contributed by atoms with van der Waals surface area (Å²) in [4.78, 5) is 40.0. The summed E-state index contributed by atoms with van der Waals surface area (Å²) in [6.45, 7) is 5.15. The van der Waals surface area contributed by atoms with Gasteiger partial charge in [-0.05, 0) is 50.3 Å². The van der Waals surface area contributed by atoms with Crippen LogP contribution in [0.3, 0.4) is 0 Å². The van der Waals surface area contributed by atoms with Gasteiger partial charge in [-0.1, -0.05) is 54.6 Å². The van der Waals surface area contributed by atoms with Crippen LogP contribution in [0.5, 0.6) is 0 Å². The van der Waals surface area contributed by atoms with Crippen molar-refractivity contribution >= 4 is 23.6 Å². The van der Waals surface area contributed by atoms with Crippen molar-refractivity contribution in [1.29, 1.82) is 5.41 Å². The van der Waals surface area contributed by atoms with E-state index in [0.29, 0.717) is 38.2 Å². The van der Waals surface area contributed by atoms with E-state index in [9.17, 15) is 14.4 Å². The molecule has 1 unspecified atom stereocenters. The number of amides is 2. The van der Waals surface area contributed by atoms with E-state index in [1.165, 1.54) is 5.56 Å². The van der Waals surface area contributed by atoms with Crippen LogP contribution < -0.4 is 16.4 Å². The summed E-state index contributed by atoms with van der Waals surface area (Å²) in [6, 6.07) is 16.0. The lowest BCUT2D eigenvalue weighted by Gasteiger charge is -2.39. The highest BCUT2D eigenvalue weighted by Gasteiger charge is 2.35. The van der Waals surface area contributed by atoms with E-state index >= 15 is 0 Å². The number of amidine groups is 1. The standard InChI is InChI=1S/C28H37N5O4/c1-3-37-25(34)14-16-33-15-13-23(21-7-5-4-6-8-21)17-24(33)28(36)32-19(2)27(35)31-18-20-9-11-22(12-10-20)26(29)30/h4-12,19,23-24H,3,13-18H2,1-2H3,(H3,29,30)(H,31,35)(H,32,36)/t19?,23-,24+/m0/s1. The van der Waals surface area contributed by atoms with E-state index in [4.69, 9.17) is 15.9 Å². The zero-order valence-electron chi connectivity index (χ0n) is 21.5. The molecule has 2 aromatic carbocycles. The maximum atomic E-state index is 13.4. The van der Waals surface area contributed by atoms with Gasteiger partial charge >= 0.3 is 5.97 Å². The smallest absolute Gasteiger partial charge is 0.307 e. The number of benzene rings is 2. The predicted molar refractivity (Wildman–Crippen MR) is 142 cm³/mol. The van der Waals surface area contributed by atoms with Crippen LogP contribution in [0.15, 0.2) is 54.6 Å². The molecule has 0 saturated carbocycles. The minimum absolute atomic E-state index is 0.0135. The van der Waals surface area contributed by atoms with Gasteiger partial charge in [-0.3, -0.25) is 24.7 Å². The van der Waals surface area contributed by atoms with Gasteiger partial charge in [0.05, 0.1) is 19.1 Å². The van der Waals surface area contributed by atoms with E-state index in [-0.39, 0.29) is 36.0 Å². The number of hydrogen-bond donors (Lipinski definition) is 4. The van der Waals surface area contributed by atoms with Crippen molar-refractivity contribution in [1.82, 2.24) is 15.5 Å². The second-order valence-electron chi connectivity index (χ2n) is 9.30. The molecule has 1 aliphatic rings. The Bertz CT molecular complexity index is 1070. The van der Waals surface area contributed by atoms with Crippen LogP contribution in [0.1, 0.15) is 55.7 Å². The van der Waals surface area contributed by atoms with Crippen molar-refractivity contribution in [3.8, 4) is 0 Å². The summed E-state index contributed by atoms with van der Waals surface area (Å²) in [5.41, 5.74) is 8.14. The van der Waals surface area contributed by atoms with Gasteiger partial charge in [-0.25, -0.2) is 0 Å². The Kier molecular flexibility index (Phi) is 10.2. The quantitative estimate of drug-likeness (QED) is 0.209. The number of piperidine rings is 1. The molecule has 9 heteroatoms. The maximum Gasteiger partial charge on any atom is 0.307 e. The first-order valence-electron chi connectivity index (χ1n) is 12.7. The lowest BCUT2D eigenvalue weighted by molar-refractivity contribution is -0.144. The van der Waals surface area contributed by atoms with E-state index in [2.05, 4.69) is 22.8 Å². The van der Waals surface area contributed by atoms with Crippen LogP contribution in [0, 0.1) is 5.41 Å². The molecule has 0 aliphatic carbocycles. The fourth-order valence-corrected chi connectivity index (χ4v) is 4.57. The molecule has 9 nitrogen and oxygen atoms in total. The van der Waals surface area contributed by atoms with Crippen molar-refractivity contribution in [3.05, 3.63) is 71.3 Å². The number of likely N-dealkylation sites (tertiary alicyclic amines) is 1. The number of hydrogen-bond acceptors (Lipinski definition) is 6. The summed E-state index contributed by atoms with van der Waals surface area (Å²) in [5, 5.41) is 13.2. The number of carbonyl (C=O) groups excluding carboxylic acids is 3. The topological polar surface area (TPSA) is 138 Å². The van der Waals surface area contributed by atoms with Gasteiger partial charge in [0, 0.05) is 18.7 Å². The summed E-state index contributed by atoms with van der Waals surface area (Å²) in [5.74, 6) is -0.593. The number of ether oxygens (including phenoxy) is 1. The van der Waals surface area contributed by atoms with Gasteiger partial charge in [-0.15, -0.1) is 0 Å². The van der Waals surface area contributed by atoms with E-state index in [1.54, 1.807) is 38.1 Å². The lowest BCUT2D eigenvalue weighted by Crippen LogP contribution is -2.55. The number of nitrogen functional groups attached to an aromatic ring is 1. The molecule has 1 fully saturated rings. The van der Waals surface area contributed by atoms with Gasteiger partial charge in [0.25, 0.3) is 0 Å². The number of carbonyl (C=O) groups is 3. The molecular weight excluding hydrogens is 470 g/mol. The molecule has 5 N–H and O–H groups in total. The van der Waals surface area contributed by atoms with E-state index in [0.717, 1.165) is 12.0 Å². The lowest BCUT2D eigenvalue weighted by atomic mass is 9.84. The van der Waals surface area contributed by atoms with Gasteiger partial charge in [0.2, 0.25) is 11.8 Å². The normalized spacial score (nSPS) is 18.4. The maximum absolute atomic E-state index is 13.4. The van der Waals surface area contributed by atoms with Crippen LogP contribution >= 0.6 is 0 Å². The van der Waals surface area contributed by atoms with Crippen LogP contribution in [-0.4, -0.2) is 60.3 Å². The van der Waals surface area contributed by atoms with Crippen molar-refractivity contribution < 1.29 is 19.1 Å². The average molecular weight is 508 g/mol. The second kappa shape index (κ2) is 13.5. The van der Waals surface area contributed by atoms with Gasteiger partial charge in [0.15, 0.2) is 0 Å². The molecule has 37 heavy (non-hydrogen) atoms. The summed E-state index contributed by atoms with van der Waals surface area (Å²) in [7, 11) is 0. The highest BCUT2D eigenvalue weighted by atomic mass is 16.5. The Morgan fingerprint density at radius 2 is 1.84 bits per heavy atom. The fraction of sp³-hybridized carbons (Fsp3) is 0.429. The number of nitrogens with zero attached hydrogens (tertiary/aromatic N) is 1. The summed E-state index contributed by atoms with van der Waals surface area (Å²) >= 11 is 0. The third kappa shape index (κ3) is 8.15. The Morgan fingerprint density at radius 1 is 1.14 bits per heavy atom. The van der Waals surface area contributed by atoms with Crippen LogP contribution in [0.2, 0.25) is 0 Å². The Balaban J connectivity index is 1.60. The average Bonchev–Trinajstić information content (AvgIpc) is 2.91. The van der Waals surface area contributed by atoms with Crippen molar-refractivity contribution in [2.24, 2.45) is 5.73 Å². The van der Waals surface area contributed by atoms with E-state index in [1.807, 2.05) is 23.1 Å². The van der Waals surface area contributed by atoms with Crippen LogP contribution in [0.25, 0.3) is 0 Å². The largest absolute Gasteiger partial charge is 0.466 e. The summed E-state index contributed by atoms with van der Waals surface area (Å²) in [6.07, 6.45) is 1.71. The molecule has 0 bridgehead atoms. The first-order valence-corrected chi connectivity index (χ1v) is 12.7. The monoisotopic (exact) mass is 507 g/mol. The van der Waals surface area contributed by atoms with Gasteiger partial charge in [-0.2, -0.15) is 0 Å². The molecule has 198 valence electrons. The van der Waals surface area contributed by atoms with Crippen molar-refractivity contribution in [2.45, 2.75) is 57.7 Å². The third-order valence-corrected chi connectivity index (χ3v) is 6.68. The number of rotatable bonds is 11. The Hall–Kier alpha value is -3.72. The molecule has 1 heterocycles. The highest BCUT2D eigenvalue weighted by molar-refractivity contribution is 5.95. The molecule has 1 saturated heterocycles. The van der Waals surface area contributed by atoms with Crippen LogP contribution in [0.4, 0.5) is 0 Å². The number of esters is 1. The highest BCUT2D eigenvalue weighted by Crippen LogP contribution is 2.32. The summed E-state index contributed by atoms with van der Waals surface area (Å²) < 4.78 is 5.06. The number of nitrogens with two attached hydrogens (primary N) is 1. The Morgan fingerprint density at radius 3 is 2.49 bits per heavy atom. The third-order valence-electron chi connectivity index (χ3n) is 6.68. The molecular formula is C28H37N5O4. The molecule has 2 aromatic rings. The molecule has 0 spiro atoms. The predicted octanol–water partition coefficient (Wildman–Crippen LogP) is 2.29. The second-order valence-corrected chi connectivity index (χ2v) is 9.30. The van der Waals surface area contributed by atoms with Gasteiger partial charge in [0.1, 0.15) is 11.9 Å².